The number of benzene rings is 3. The van der Waals surface area contributed by atoms with E-state index in [1.165, 1.54) is 13.0 Å². The molecule has 5 rings (SSSR count). The lowest BCUT2D eigenvalue weighted by Crippen LogP contribution is -2.26. The van der Waals surface area contributed by atoms with Crippen molar-refractivity contribution in [3.05, 3.63) is 104 Å². The zero-order valence-electron chi connectivity index (χ0n) is 21.6. The minimum atomic E-state index is -5.72. The first-order valence-corrected chi connectivity index (χ1v) is 12.5. The summed E-state index contributed by atoms with van der Waals surface area (Å²) in [5.41, 5.74) is -0.905. The van der Waals surface area contributed by atoms with Crippen LogP contribution in [0.3, 0.4) is 0 Å². The molecule has 0 saturated heterocycles. The highest BCUT2D eigenvalue weighted by Gasteiger charge is 2.45. The van der Waals surface area contributed by atoms with E-state index in [1.807, 2.05) is 41.8 Å². The van der Waals surface area contributed by atoms with Gasteiger partial charge in [-0.1, -0.05) is 41.4 Å². The van der Waals surface area contributed by atoms with Gasteiger partial charge in [-0.05, 0) is 50.6 Å². The van der Waals surface area contributed by atoms with Crippen LogP contribution in [-0.2, 0) is 17.5 Å². The summed E-state index contributed by atoms with van der Waals surface area (Å²) in [5, 5.41) is 5.04. The van der Waals surface area contributed by atoms with E-state index in [0.717, 1.165) is 22.0 Å². The van der Waals surface area contributed by atoms with Gasteiger partial charge >= 0.3 is 6.18 Å². The summed E-state index contributed by atoms with van der Waals surface area (Å²) in [6.07, 6.45) is -4.30. The average Bonchev–Trinajstić information content (AvgIpc) is 3.31. The molecule has 1 aromatic heterocycles. The molecule has 1 aliphatic heterocycles. The van der Waals surface area contributed by atoms with Gasteiger partial charge in [-0.2, -0.15) is 23.3 Å². The third-order valence-electron chi connectivity index (χ3n) is 6.90. The number of hydrazone groups is 1. The van der Waals surface area contributed by atoms with Crippen LogP contribution in [0.1, 0.15) is 34.9 Å². The molecule has 4 aromatic rings. The highest BCUT2D eigenvalue weighted by atomic mass is 35.5. The van der Waals surface area contributed by atoms with E-state index in [4.69, 9.17) is 11.6 Å². The summed E-state index contributed by atoms with van der Waals surface area (Å²) in [6.45, 7) is 5.36. The van der Waals surface area contributed by atoms with Crippen LogP contribution in [-0.4, -0.2) is 16.2 Å². The molecule has 1 aliphatic rings. The standard InChI is InChI=1S/C29H19ClF7N3O/c1-13-8-9-21-19(10-13)18(15(3)39(21)12-16-6-4-5-7-20(16)30)11-17-14(2)38-40(28(17)41)27-25(33)23(31)22(29(35,36)37)24(32)26(27)34/h4-11H,12H2,1-3H3/b17-11+. The van der Waals surface area contributed by atoms with Crippen molar-refractivity contribution in [1.29, 1.82) is 0 Å². The number of aromatic nitrogens is 1. The highest BCUT2D eigenvalue weighted by molar-refractivity contribution is 6.32. The SMILES string of the molecule is CC1=NN(c2c(F)c(F)c(C(F)(F)F)c(F)c2F)C(=O)/C1=C/c1c(C)n(Cc2ccccc2Cl)c2ccc(C)cc12. The quantitative estimate of drug-likeness (QED) is 0.133. The number of aryl methyl sites for hydroxylation is 1. The fraction of sp³-hybridized carbons (Fsp3) is 0.172. The van der Waals surface area contributed by atoms with Gasteiger partial charge in [0.05, 0.1) is 11.3 Å². The lowest BCUT2D eigenvalue weighted by Gasteiger charge is -2.18. The molecule has 0 bridgehead atoms. The number of carbonyl (C=O) groups is 1. The van der Waals surface area contributed by atoms with Crippen molar-refractivity contribution >= 4 is 45.9 Å². The minimum absolute atomic E-state index is 0.0294. The maximum Gasteiger partial charge on any atom is 0.422 e. The Hall–Kier alpha value is -4.12. The van der Waals surface area contributed by atoms with Crippen molar-refractivity contribution in [2.75, 3.05) is 5.01 Å². The third-order valence-corrected chi connectivity index (χ3v) is 7.27. The maximum absolute atomic E-state index is 14.7. The Labute approximate surface area is 233 Å². The predicted octanol–water partition coefficient (Wildman–Crippen LogP) is 8.34. The number of alkyl halides is 3. The molecule has 4 nitrogen and oxygen atoms in total. The molecule has 0 atom stereocenters. The number of hydrogen-bond donors (Lipinski definition) is 0. The Kier molecular flexibility index (Phi) is 6.97. The van der Waals surface area contributed by atoms with Gasteiger partial charge in [-0.3, -0.25) is 4.79 Å². The molecule has 0 saturated carbocycles. The van der Waals surface area contributed by atoms with Gasteiger partial charge in [0.2, 0.25) is 0 Å². The summed E-state index contributed by atoms with van der Waals surface area (Å²) in [4.78, 5) is 13.3. The van der Waals surface area contributed by atoms with Gasteiger partial charge in [0.15, 0.2) is 23.3 Å². The van der Waals surface area contributed by atoms with Crippen LogP contribution in [0, 0.1) is 37.1 Å². The van der Waals surface area contributed by atoms with Crippen LogP contribution < -0.4 is 5.01 Å². The normalized spacial score (nSPS) is 15.0. The lowest BCUT2D eigenvalue weighted by atomic mass is 10.0. The van der Waals surface area contributed by atoms with E-state index >= 15 is 0 Å². The number of hydrogen-bond acceptors (Lipinski definition) is 2. The molecule has 0 N–H and O–H groups in total. The lowest BCUT2D eigenvalue weighted by molar-refractivity contribution is -0.143. The van der Waals surface area contributed by atoms with Crippen molar-refractivity contribution in [1.82, 2.24) is 4.57 Å². The smallest absolute Gasteiger partial charge is 0.340 e. The second kappa shape index (κ2) is 10.1. The van der Waals surface area contributed by atoms with Crippen LogP contribution in [0.2, 0.25) is 5.02 Å². The average molecular weight is 594 g/mol. The van der Waals surface area contributed by atoms with E-state index in [9.17, 15) is 35.5 Å². The summed E-state index contributed by atoms with van der Waals surface area (Å²) in [7, 11) is 0. The molecule has 41 heavy (non-hydrogen) atoms. The van der Waals surface area contributed by atoms with E-state index in [-0.39, 0.29) is 16.3 Å². The number of carbonyl (C=O) groups excluding carboxylic acids is 1. The topological polar surface area (TPSA) is 37.6 Å². The van der Waals surface area contributed by atoms with E-state index in [2.05, 4.69) is 5.10 Å². The number of amides is 1. The summed E-state index contributed by atoms with van der Waals surface area (Å²) in [6, 6.07) is 12.9. The van der Waals surface area contributed by atoms with Gasteiger partial charge in [0.1, 0.15) is 11.3 Å². The van der Waals surface area contributed by atoms with Crippen LogP contribution in [0.4, 0.5) is 36.4 Å². The Morgan fingerprint density at radius 1 is 0.927 bits per heavy atom. The summed E-state index contributed by atoms with van der Waals surface area (Å²) in [5.74, 6) is -11.3. The van der Waals surface area contributed by atoms with Crippen molar-refractivity contribution < 1.29 is 35.5 Å². The van der Waals surface area contributed by atoms with E-state index < -0.39 is 46.6 Å². The molecule has 0 fully saturated rings. The molecule has 0 radical (unpaired) electrons. The van der Waals surface area contributed by atoms with E-state index in [0.29, 0.717) is 22.8 Å². The molecule has 3 aromatic carbocycles. The van der Waals surface area contributed by atoms with Crippen LogP contribution >= 0.6 is 11.6 Å². The predicted molar refractivity (Wildman–Crippen MR) is 142 cm³/mol. The number of fused-ring (bicyclic) bond motifs is 1. The van der Waals surface area contributed by atoms with Gasteiger partial charge in [0.25, 0.3) is 5.91 Å². The van der Waals surface area contributed by atoms with Gasteiger partial charge in [-0.25, -0.2) is 17.6 Å². The number of anilines is 1. The molecule has 2 heterocycles. The van der Waals surface area contributed by atoms with Crippen LogP contribution in [0.15, 0.2) is 53.1 Å². The summed E-state index contributed by atoms with van der Waals surface area (Å²) >= 11 is 6.37. The first-order valence-electron chi connectivity index (χ1n) is 12.1. The van der Waals surface area contributed by atoms with Gasteiger partial charge < -0.3 is 4.57 Å². The zero-order valence-corrected chi connectivity index (χ0v) is 22.4. The third kappa shape index (κ3) is 4.67. The minimum Gasteiger partial charge on any atom is -0.340 e. The number of nitrogens with zero attached hydrogens (tertiary/aromatic N) is 3. The maximum atomic E-state index is 14.7. The number of halogens is 8. The second-order valence-electron chi connectivity index (χ2n) is 9.53. The zero-order chi connectivity index (χ0) is 30.0. The Balaban J connectivity index is 1.64. The van der Waals surface area contributed by atoms with Crippen molar-refractivity contribution in [3.63, 3.8) is 0 Å². The summed E-state index contributed by atoms with van der Waals surface area (Å²) < 4.78 is 99.1. The Bertz CT molecular complexity index is 1790. The van der Waals surface area contributed by atoms with Gasteiger partial charge in [0, 0.05) is 33.7 Å². The van der Waals surface area contributed by atoms with Crippen LogP contribution in [0.5, 0.6) is 0 Å². The Morgan fingerprint density at radius 2 is 1.56 bits per heavy atom. The Morgan fingerprint density at radius 3 is 2.17 bits per heavy atom. The fourth-order valence-electron chi connectivity index (χ4n) is 4.84. The highest BCUT2D eigenvalue weighted by Crippen LogP contribution is 2.41. The molecule has 12 heteroatoms. The molecule has 1 amide bonds. The largest absolute Gasteiger partial charge is 0.422 e. The molecule has 0 spiro atoms. The monoisotopic (exact) mass is 593 g/mol. The first-order chi connectivity index (χ1) is 19.2. The van der Waals surface area contributed by atoms with Crippen molar-refractivity contribution in [2.45, 2.75) is 33.5 Å². The molecule has 212 valence electrons. The second-order valence-corrected chi connectivity index (χ2v) is 9.94. The van der Waals surface area contributed by atoms with Crippen molar-refractivity contribution in [2.24, 2.45) is 5.10 Å². The molecular formula is C29H19ClF7N3O. The van der Waals surface area contributed by atoms with Gasteiger partial charge in [-0.15, -0.1) is 0 Å². The molecular weight excluding hydrogens is 575 g/mol. The van der Waals surface area contributed by atoms with E-state index in [1.54, 1.807) is 19.1 Å². The first kappa shape index (κ1) is 28.4. The molecule has 0 aliphatic carbocycles. The van der Waals surface area contributed by atoms with Crippen LogP contribution in [0.25, 0.3) is 17.0 Å². The fourth-order valence-corrected chi connectivity index (χ4v) is 5.04. The molecule has 0 unspecified atom stereocenters. The number of rotatable bonds is 4. The van der Waals surface area contributed by atoms with Crippen molar-refractivity contribution in [3.8, 4) is 0 Å².